The van der Waals surface area contributed by atoms with Gasteiger partial charge < -0.3 is 0 Å². The molecule has 11 heavy (non-hydrogen) atoms. The lowest BCUT2D eigenvalue weighted by molar-refractivity contribution is 0.212. The van der Waals surface area contributed by atoms with Crippen molar-refractivity contribution in [2.24, 2.45) is 11.3 Å². The standard InChI is InChI=1S/C11H20/c1-11-8-4-2-3-6-10(11)7-5-9-11/h10H,2-9H2,1H3/t10-,11-/m0/s1. The molecule has 0 spiro atoms. The Morgan fingerprint density at radius 2 is 1.64 bits per heavy atom. The van der Waals surface area contributed by atoms with Gasteiger partial charge in [0.15, 0.2) is 0 Å². The number of hydrogen-bond donors (Lipinski definition) is 0. The minimum atomic E-state index is 0.774. The van der Waals surface area contributed by atoms with Crippen molar-refractivity contribution in [1.29, 1.82) is 0 Å². The van der Waals surface area contributed by atoms with E-state index >= 15 is 0 Å². The van der Waals surface area contributed by atoms with Crippen molar-refractivity contribution in [2.45, 2.75) is 58.3 Å². The van der Waals surface area contributed by atoms with Crippen molar-refractivity contribution in [1.82, 2.24) is 0 Å². The molecule has 2 rings (SSSR count). The van der Waals surface area contributed by atoms with Gasteiger partial charge in [-0.1, -0.05) is 32.6 Å². The molecule has 64 valence electrons. The van der Waals surface area contributed by atoms with Gasteiger partial charge in [-0.25, -0.2) is 0 Å². The molecule has 0 heteroatoms. The molecule has 0 radical (unpaired) electrons. The second-order valence-corrected chi connectivity index (χ2v) is 4.84. The van der Waals surface area contributed by atoms with Crippen LogP contribution >= 0.6 is 0 Å². The Labute approximate surface area is 70.4 Å². The molecule has 2 saturated carbocycles. The van der Waals surface area contributed by atoms with E-state index in [1.807, 2.05) is 0 Å². The molecule has 0 bridgehead atoms. The van der Waals surface area contributed by atoms with E-state index in [0.29, 0.717) is 0 Å². The third-order valence-electron chi connectivity index (χ3n) is 4.09. The monoisotopic (exact) mass is 152 g/mol. The average Bonchev–Trinajstić information content (AvgIpc) is 2.24. The van der Waals surface area contributed by atoms with Crippen LogP contribution in [0.5, 0.6) is 0 Å². The van der Waals surface area contributed by atoms with Crippen molar-refractivity contribution in [2.75, 3.05) is 0 Å². The Balaban J connectivity index is 2.09. The minimum Gasteiger partial charge on any atom is -0.0594 e. The lowest BCUT2D eigenvalue weighted by atomic mass is 9.76. The van der Waals surface area contributed by atoms with Crippen LogP contribution < -0.4 is 0 Å². The molecule has 2 fully saturated rings. The summed E-state index contributed by atoms with van der Waals surface area (Å²) in [7, 11) is 0. The smallest absolute Gasteiger partial charge is 0.0298 e. The molecule has 0 amide bonds. The Bertz CT molecular complexity index is 139. The first-order valence-corrected chi connectivity index (χ1v) is 5.31. The quantitative estimate of drug-likeness (QED) is 0.496. The van der Waals surface area contributed by atoms with Crippen molar-refractivity contribution >= 4 is 0 Å². The normalized spacial score (nSPS) is 45.0. The van der Waals surface area contributed by atoms with Gasteiger partial charge in [0, 0.05) is 0 Å². The number of fused-ring (bicyclic) bond motifs is 1. The number of hydrogen-bond acceptors (Lipinski definition) is 0. The summed E-state index contributed by atoms with van der Waals surface area (Å²) in [4.78, 5) is 0. The summed E-state index contributed by atoms with van der Waals surface area (Å²) in [6, 6.07) is 0. The predicted octanol–water partition coefficient (Wildman–Crippen LogP) is 3.76. The lowest BCUT2D eigenvalue weighted by Crippen LogP contribution is -2.19. The zero-order chi connectivity index (χ0) is 7.73. The zero-order valence-corrected chi connectivity index (χ0v) is 7.73. The van der Waals surface area contributed by atoms with Crippen molar-refractivity contribution < 1.29 is 0 Å². The van der Waals surface area contributed by atoms with E-state index < -0.39 is 0 Å². The summed E-state index contributed by atoms with van der Waals surface area (Å²) in [5, 5.41) is 0. The summed E-state index contributed by atoms with van der Waals surface area (Å²) in [6.45, 7) is 2.54. The maximum atomic E-state index is 2.54. The third-order valence-corrected chi connectivity index (χ3v) is 4.09. The van der Waals surface area contributed by atoms with E-state index in [9.17, 15) is 0 Å². The molecule has 0 aromatic heterocycles. The van der Waals surface area contributed by atoms with Gasteiger partial charge in [0.1, 0.15) is 0 Å². The molecule has 0 N–H and O–H groups in total. The predicted molar refractivity (Wildman–Crippen MR) is 48.5 cm³/mol. The molecule has 2 atom stereocenters. The van der Waals surface area contributed by atoms with Gasteiger partial charge in [-0.15, -0.1) is 0 Å². The molecule has 0 aromatic rings. The van der Waals surface area contributed by atoms with E-state index in [1.54, 1.807) is 0 Å². The van der Waals surface area contributed by atoms with Crippen LogP contribution in [0.4, 0.5) is 0 Å². The summed E-state index contributed by atoms with van der Waals surface area (Å²) < 4.78 is 0. The van der Waals surface area contributed by atoms with E-state index in [2.05, 4.69) is 6.92 Å². The Kier molecular flexibility index (Phi) is 1.95. The maximum absolute atomic E-state index is 2.54. The fraction of sp³-hybridized carbons (Fsp3) is 1.00. The molecule has 0 nitrogen and oxygen atoms in total. The third kappa shape index (κ3) is 1.32. The molecule has 0 saturated heterocycles. The Morgan fingerprint density at radius 3 is 2.55 bits per heavy atom. The molecule has 0 unspecified atom stereocenters. The topological polar surface area (TPSA) is 0 Å². The van der Waals surface area contributed by atoms with Gasteiger partial charge in [0.2, 0.25) is 0 Å². The largest absolute Gasteiger partial charge is 0.0594 e. The molecule has 0 aromatic carbocycles. The summed E-state index contributed by atoms with van der Waals surface area (Å²) in [5.74, 6) is 1.10. The van der Waals surface area contributed by atoms with E-state index in [0.717, 1.165) is 11.3 Å². The van der Waals surface area contributed by atoms with Crippen LogP contribution in [0.15, 0.2) is 0 Å². The highest BCUT2D eigenvalue weighted by Gasteiger charge is 2.38. The number of rotatable bonds is 0. The van der Waals surface area contributed by atoms with Crippen LogP contribution in [0, 0.1) is 11.3 Å². The molecule has 0 aliphatic heterocycles. The summed E-state index contributed by atoms with van der Waals surface area (Å²) in [5.41, 5.74) is 0.774. The van der Waals surface area contributed by atoms with Gasteiger partial charge in [0.05, 0.1) is 0 Å². The van der Waals surface area contributed by atoms with Gasteiger partial charge in [-0.3, -0.25) is 0 Å². The molecular weight excluding hydrogens is 132 g/mol. The second kappa shape index (κ2) is 2.80. The Hall–Kier alpha value is 0. The minimum absolute atomic E-state index is 0.774. The van der Waals surface area contributed by atoms with E-state index in [4.69, 9.17) is 0 Å². The van der Waals surface area contributed by atoms with Crippen LogP contribution in [-0.2, 0) is 0 Å². The van der Waals surface area contributed by atoms with Gasteiger partial charge in [0.25, 0.3) is 0 Å². The average molecular weight is 152 g/mol. The van der Waals surface area contributed by atoms with Crippen LogP contribution in [0.1, 0.15) is 58.3 Å². The Morgan fingerprint density at radius 1 is 0.909 bits per heavy atom. The fourth-order valence-electron chi connectivity index (χ4n) is 3.22. The van der Waals surface area contributed by atoms with Crippen molar-refractivity contribution in [3.05, 3.63) is 0 Å². The van der Waals surface area contributed by atoms with Crippen LogP contribution in [0.3, 0.4) is 0 Å². The van der Waals surface area contributed by atoms with Gasteiger partial charge in [-0.2, -0.15) is 0 Å². The second-order valence-electron chi connectivity index (χ2n) is 4.84. The van der Waals surface area contributed by atoms with Gasteiger partial charge >= 0.3 is 0 Å². The molecule has 2 aliphatic carbocycles. The lowest BCUT2D eigenvalue weighted by Gasteiger charge is -2.29. The highest BCUT2D eigenvalue weighted by Crippen LogP contribution is 2.50. The van der Waals surface area contributed by atoms with Crippen LogP contribution in [0.2, 0.25) is 0 Å². The van der Waals surface area contributed by atoms with Gasteiger partial charge in [-0.05, 0) is 37.0 Å². The first-order valence-electron chi connectivity index (χ1n) is 5.31. The van der Waals surface area contributed by atoms with Crippen molar-refractivity contribution in [3.63, 3.8) is 0 Å². The SMILES string of the molecule is C[C@@]12CCCCC[C@H]1CCC2. The van der Waals surface area contributed by atoms with Crippen LogP contribution in [0.25, 0.3) is 0 Å². The summed E-state index contributed by atoms with van der Waals surface area (Å²) in [6.07, 6.45) is 12.2. The highest BCUT2D eigenvalue weighted by molar-refractivity contribution is 4.89. The molecular formula is C11H20. The van der Waals surface area contributed by atoms with E-state index in [-0.39, 0.29) is 0 Å². The van der Waals surface area contributed by atoms with E-state index in [1.165, 1.54) is 51.4 Å². The first kappa shape index (κ1) is 7.64. The van der Waals surface area contributed by atoms with Crippen molar-refractivity contribution in [3.8, 4) is 0 Å². The first-order chi connectivity index (χ1) is 5.31. The molecule has 0 heterocycles. The summed E-state index contributed by atoms with van der Waals surface area (Å²) >= 11 is 0. The maximum Gasteiger partial charge on any atom is -0.0298 e. The fourth-order valence-corrected chi connectivity index (χ4v) is 3.22. The van der Waals surface area contributed by atoms with Crippen LogP contribution in [-0.4, -0.2) is 0 Å². The highest BCUT2D eigenvalue weighted by atomic mass is 14.4. The molecule has 2 aliphatic rings. The zero-order valence-electron chi connectivity index (χ0n) is 7.73.